The number of ether oxygens (including phenoxy) is 1. The van der Waals surface area contributed by atoms with Gasteiger partial charge in [0.1, 0.15) is 16.6 Å². The first kappa shape index (κ1) is 18.9. The Morgan fingerprint density at radius 1 is 1.31 bits per heavy atom. The number of nitriles is 1. The van der Waals surface area contributed by atoms with Crippen LogP contribution in [0.5, 0.6) is 0 Å². The van der Waals surface area contributed by atoms with E-state index in [-0.39, 0.29) is 5.89 Å². The van der Waals surface area contributed by atoms with Crippen LogP contribution in [0.3, 0.4) is 0 Å². The Morgan fingerprint density at radius 2 is 2.14 bits per heavy atom. The zero-order chi connectivity index (χ0) is 20.2. The maximum atomic E-state index is 12.1. The van der Waals surface area contributed by atoms with Crippen LogP contribution in [-0.2, 0) is 27.2 Å². The summed E-state index contributed by atoms with van der Waals surface area (Å²) in [7, 11) is 0. The predicted molar refractivity (Wildman–Crippen MR) is 108 cm³/mol. The number of carbonyl (C=O) groups is 2. The summed E-state index contributed by atoms with van der Waals surface area (Å²) in [6.07, 6.45) is 6.48. The van der Waals surface area contributed by atoms with Gasteiger partial charge in [-0.05, 0) is 43.4 Å². The van der Waals surface area contributed by atoms with Crippen LogP contribution in [0.25, 0.3) is 17.2 Å². The highest BCUT2D eigenvalue weighted by atomic mass is 32.1. The second-order valence-electron chi connectivity index (χ2n) is 6.54. The van der Waals surface area contributed by atoms with Crippen molar-refractivity contribution in [1.29, 1.82) is 5.26 Å². The molecule has 1 aromatic carbocycles. The van der Waals surface area contributed by atoms with Crippen molar-refractivity contribution in [1.82, 2.24) is 4.98 Å². The molecule has 2 aromatic heterocycles. The van der Waals surface area contributed by atoms with E-state index in [9.17, 15) is 14.9 Å². The molecule has 2 heterocycles. The summed E-state index contributed by atoms with van der Waals surface area (Å²) in [6, 6.07) is 9.43. The number of nitrogens with one attached hydrogen (secondary N) is 1. The summed E-state index contributed by atoms with van der Waals surface area (Å²) in [5, 5.41) is 12.6. The molecule has 0 radical (unpaired) electrons. The molecule has 3 aromatic rings. The molecule has 1 aliphatic rings. The first-order chi connectivity index (χ1) is 14.1. The average Bonchev–Trinajstić information content (AvgIpc) is 3.30. The highest BCUT2D eigenvalue weighted by molar-refractivity contribution is 7.16. The van der Waals surface area contributed by atoms with E-state index in [1.54, 1.807) is 12.1 Å². The highest BCUT2D eigenvalue weighted by Gasteiger charge is 2.22. The minimum Gasteiger partial charge on any atom is -0.452 e. The second kappa shape index (κ2) is 8.29. The van der Waals surface area contributed by atoms with E-state index >= 15 is 0 Å². The fourth-order valence-electron chi connectivity index (χ4n) is 3.22. The molecule has 29 heavy (non-hydrogen) atoms. The SMILES string of the molecule is N#Cc1c(NC(=O)COC(=O)/C=C/c2nc3ccccc3o2)sc2c1CCCC2. The van der Waals surface area contributed by atoms with Crippen LogP contribution in [0.4, 0.5) is 5.00 Å². The highest BCUT2D eigenvalue weighted by Crippen LogP contribution is 2.37. The minimum atomic E-state index is -0.687. The maximum Gasteiger partial charge on any atom is 0.331 e. The number of hydrogen-bond donors (Lipinski definition) is 1. The molecule has 0 bridgehead atoms. The van der Waals surface area contributed by atoms with Crippen molar-refractivity contribution in [3.8, 4) is 6.07 Å². The van der Waals surface area contributed by atoms with Crippen molar-refractivity contribution in [2.24, 2.45) is 0 Å². The number of para-hydroxylation sites is 2. The van der Waals surface area contributed by atoms with Crippen molar-refractivity contribution in [3.05, 3.63) is 52.2 Å². The van der Waals surface area contributed by atoms with Crippen LogP contribution < -0.4 is 5.32 Å². The number of nitrogens with zero attached hydrogens (tertiary/aromatic N) is 2. The first-order valence-corrected chi connectivity index (χ1v) is 10.0. The summed E-state index contributed by atoms with van der Waals surface area (Å²) >= 11 is 1.43. The van der Waals surface area contributed by atoms with E-state index in [1.807, 2.05) is 12.1 Å². The van der Waals surface area contributed by atoms with Gasteiger partial charge in [0.05, 0.1) is 5.56 Å². The number of benzene rings is 1. The number of hydrogen-bond acceptors (Lipinski definition) is 7. The van der Waals surface area contributed by atoms with E-state index in [0.29, 0.717) is 21.7 Å². The van der Waals surface area contributed by atoms with E-state index in [2.05, 4.69) is 16.4 Å². The van der Waals surface area contributed by atoms with Crippen LogP contribution in [0.2, 0.25) is 0 Å². The molecule has 0 aliphatic heterocycles. The van der Waals surface area contributed by atoms with Gasteiger partial charge in [-0.3, -0.25) is 4.79 Å². The van der Waals surface area contributed by atoms with Gasteiger partial charge < -0.3 is 14.5 Å². The van der Waals surface area contributed by atoms with Gasteiger partial charge in [-0.25, -0.2) is 9.78 Å². The monoisotopic (exact) mass is 407 g/mol. The van der Waals surface area contributed by atoms with Gasteiger partial charge in [0.15, 0.2) is 12.2 Å². The third-order valence-electron chi connectivity index (χ3n) is 4.55. The fourth-order valence-corrected chi connectivity index (χ4v) is 4.48. The Hall–Kier alpha value is -3.44. The van der Waals surface area contributed by atoms with E-state index in [1.165, 1.54) is 17.4 Å². The predicted octanol–water partition coefficient (Wildman–Crippen LogP) is 3.83. The second-order valence-corrected chi connectivity index (χ2v) is 7.64. The number of fused-ring (bicyclic) bond motifs is 2. The molecule has 146 valence electrons. The lowest BCUT2D eigenvalue weighted by Crippen LogP contribution is -2.20. The smallest absolute Gasteiger partial charge is 0.331 e. The molecule has 0 atom stereocenters. The molecule has 7 nitrogen and oxygen atoms in total. The Balaban J connectivity index is 1.33. The molecule has 1 aliphatic carbocycles. The molecule has 0 saturated heterocycles. The minimum absolute atomic E-state index is 0.274. The number of amides is 1. The zero-order valence-electron chi connectivity index (χ0n) is 15.4. The zero-order valence-corrected chi connectivity index (χ0v) is 16.3. The van der Waals surface area contributed by atoms with E-state index in [4.69, 9.17) is 9.15 Å². The number of rotatable bonds is 5. The number of aromatic nitrogens is 1. The summed E-state index contributed by atoms with van der Waals surface area (Å²) < 4.78 is 10.4. The number of carbonyl (C=O) groups excluding carboxylic acids is 2. The summed E-state index contributed by atoms with van der Waals surface area (Å²) in [6.45, 7) is -0.440. The van der Waals surface area contributed by atoms with Crippen molar-refractivity contribution >= 4 is 45.4 Å². The van der Waals surface area contributed by atoms with Crippen molar-refractivity contribution in [3.63, 3.8) is 0 Å². The van der Waals surface area contributed by atoms with Crippen LogP contribution in [0.1, 0.15) is 34.7 Å². The standard InChI is InChI=1S/C21H17N3O4S/c22-11-14-13-5-1-4-8-17(13)29-21(14)24-18(25)12-27-20(26)10-9-19-23-15-6-2-3-7-16(15)28-19/h2-3,6-7,9-10H,1,4-5,8,12H2,(H,24,25)/b10-9+. The lowest BCUT2D eigenvalue weighted by molar-refractivity contribution is -0.142. The van der Waals surface area contributed by atoms with Gasteiger partial charge in [0.25, 0.3) is 5.91 Å². The topological polar surface area (TPSA) is 105 Å². The number of anilines is 1. The van der Waals surface area contributed by atoms with E-state index in [0.717, 1.165) is 42.2 Å². The number of thiophene rings is 1. The third kappa shape index (κ3) is 4.20. The van der Waals surface area contributed by atoms with Crippen molar-refractivity contribution < 1.29 is 18.7 Å². The maximum absolute atomic E-state index is 12.1. The molecule has 0 spiro atoms. The quantitative estimate of drug-likeness (QED) is 0.509. The van der Waals surface area contributed by atoms with Crippen LogP contribution in [0, 0.1) is 11.3 Å². The van der Waals surface area contributed by atoms with Gasteiger partial charge in [-0.1, -0.05) is 12.1 Å². The van der Waals surface area contributed by atoms with Gasteiger partial charge >= 0.3 is 5.97 Å². The molecule has 0 saturated carbocycles. The fraction of sp³-hybridized carbons (Fsp3) is 0.238. The largest absolute Gasteiger partial charge is 0.452 e. The normalized spacial score (nSPS) is 13.2. The Morgan fingerprint density at radius 3 is 2.97 bits per heavy atom. The Labute approximate surface area is 170 Å². The Bertz CT molecular complexity index is 1120. The van der Waals surface area contributed by atoms with Gasteiger partial charge in [-0.15, -0.1) is 11.3 Å². The number of oxazole rings is 1. The molecule has 1 N–H and O–H groups in total. The lowest BCUT2D eigenvalue weighted by atomic mass is 9.96. The molecule has 8 heteroatoms. The Kier molecular flexibility index (Phi) is 5.40. The van der Waals surface area contributed by atoms with Gasteiger partial charge in [0.2, 0.25) is 5.89 Å². The van der Waals surface area contributed by atoms with Crippen LogP contribution >= 0.6 is 11.3 Å². The summed E-state index contributed by atoms with van der Waals surface area (Å²) in [5.41, 5.74) is 2.87. The number of aryl methyl sites for hydroxylation is 1. The van der Waals surface area contributed by atoms with Crippen molar-refractivity contribution in [2.45, 2.75) is 25.7 Å². The van der Waals surface area contributed by atoms with Crippen LogP contribution in [0.15, 0.2) is 34.8 Å². The molecule has 4 rings (SSSR count). The number of esters is 1. The third-order valence-corrected chi connectivity index (χ3v) is 5.76. The van der Waals surface area contributed by atoms with E-state index < -0.39 is 18.5 Å². The molecular formula is C21H17N3O4S. The molecule has 1 amide bonds. The molecule has 0 unspecified atom stereocenters. The summed E-state index contributed by atoms with van der Waals surface area (Å²) in [5.74, 6) is -0.896. The van der Waals surface area contributed by atoms with Crippen LogP contribution in [-0.4, -0.2) is 23.5 Å². The van der Waals surface area contributed by atoms with Gasteiger partial charge in [-0.2, -0.15) is 5.26 Å². The molecular weight excluding hydrogens is 390 g/mol. The molecule has 0 fully saturated rings. The van der Waals surface area contributed by atoms with Gasteiger partial charge in [0, 0.05) is 17.0 Å². The summed E-state index contributed by atoms with van der Waals surface area (Å²) in [4.78, 5) is 29.4. The first-order valence-electron chi connectivity index (χ1n) is 9.19. The van der Waals surface area contributed by atoms with Crippen molar-refractivity contribution in [2.75, 3.05) is 11.9 Å². The lowest BCUT2D eigenvalue weighted by Gasteiger charge is -2.09. The average molecular weight is 407 g/mol.